The van der Waals surface area contributed by atoms with E-state index in [0.29, 0.717) is 31.9 Å². The van der Waals surface area contributed by atoms with Gasteiger partial charge in [0.25, 0.3) is 5.91 Å². The smallest absolute Gasteiger partial charge is 0.275 e. The van der Waals surface area contributed by atoms with Crippen LogP contribution in [0.2, 0.25) is 0 Å². The number of nitrogens with zero attached hydrogens (tertiary/aromatic N) is 4. The van der Waals surface area contributed by atoms with Gasteiger partial charge < -0.3 is 9.30 Å². The molecule has 1 fully saturated rings. The molecule has 1 amide bonds. The molecule has 0 aliphatic carbocycles. The van der Waals surface area contributed by atoms with E-state index in [9.17, 15) is 13.2 Å². The number of fused-ring (bicyclic) bond motifs is 1. The maximum atomic E-state index is 13.5. The van der Waals surface area contributed by atoms with Crippen LogP contribution < -0.4 is 0 Å². The number of carbonyl (C=O) groups excluding carboxylic acids is 1. The fourth-order valence-electron chi connectivity index (χ4n) is 4.24. The molecule has 3 aromatic rings. The Labute approximate surface area is 183 Å². The number of benzene rings is 1. The lowest BCUT2D eigenvalue weighted by atomic mass is 9.99. The fraction of sp³-hybridized carbons (Fsp3) is 0.391. The van der Waals surface area contributed by atoms with E-state index in [1.807, 2.05) is 66.1 Å². The van der Waals surface area contributed by atoms with Crippen LogP contribution >= 0.6 is 0 Å². The second-order valence-corrected chi connectivity index (χ2v) is 10.0. The molecule has 4 rings (SSSR count). The third-order valence-electron chi connectivity index (χ3n) is 5.88. The highest BCUT2D eigenvalue weighted by molar-refractivity contribution is 7.88. The van der Waals surface area contributed by atoms with E-state index in [4.69, 9.17) is 4.98 Å². The number of piperidine rings is 1. The Kier molecular flexibility index (Phi) is 6.11. The molecule has 7 nitrogen and oxygen atoms in total. The Hall–Kier alpha value is -2.71. The summed E-state index contributed by atoms with van der Waals surface area (Å²) in [6.07, 6.45) is 4.77. The van der Waals surface area contributed by atoms with Crippen LogP contribution in [0.4, 0.5) is 0 Å². The van der Waals surface area contributed by atoms with Crippen molar-refractivity contribution in [2.24, 2.45) is 0 Å². The predicted molar refractivity (Wildman–Crippen MR) is 120 cm³/mol. The summed E-state index contributed by atoms with van der Waals surface area (Å²) < 4.78 is 27.6. The van der Waals surface area contributed by atoms with Crippen LogP contribution in [-0.2, 0) is 16.6 Å². The van der Waals surface area contributed by atoms with E-state index in [2.05, 4.69) is 0 Å². The zero-order valence-corrected chi connectivity index (χ0v) is 18.8. The van der Waals surface area contributed by atoms with Gasteiger partial charge in [0, 0.05) is 38.3 Å². The number of hydrogen-bond acceptors (Lipinski definition) is 4. The van der Waals surface area contributed by atoms with Gasteiger partial charge in [-0.05, 0) is 37.5 Å². The minimum absolute atomic E-state index is 0.0517. The molecule has 0 bridgehead atoms. The van der Waals surface area contributed by atoms with E-state index in [1.165, 1.54) is 10.6 Å². The van der Waals surface area contributed by atoms with Gasteiger partial charge in [-0.15, -0.1) is 0 Å². The summed E-state index contributed by atoms with van der Waals surface area (Å²) in [5, 5.41) is 0. The van der Waals surface area contributed by atoms with Crippen LogP contribution in [0.15, 0.2) is 54.7 Å². The minimum atomic E-state index is -3.26. The van der Waals surface area contributed by atoms with Crippen LogP contribution in [0.25, 0.3) is 5.52 Å². The number of rotatable bonds is 6. The molecule has 0 unspecified atom stereocenters. The van der Waals surface area contributed by atoms with Gasteiger partial charge in [-0.2, -0.15) is 0 Å². The summed E-state index contributed by atoms with van der Waals surface area (Å²) in [7, 11) is -3.26. The number of hydrogen-bond donors (Lipinski definition) is 0. The molecule has 2 aromatic heterocycles. The molecule has 1 aliphatic rings. The molecule has 1 aromatic carbocycles. The van der Waals surface area contributed by atoms with Crippen LogP contribution in [0.5, 0.6) is 0 Å². The maximum absolute atomic E-state index is 13.5. The molecule has 31 heavy (non-hydrogen) atoms. The van der Waals surface area contributed by atoms with Crippen LogP contribution in [-0.4, -0.2) is 58.8 Å². The topological polar surface area (TPSA) is 75.0 Å². The molecule has 0 spiro atoms. The number of sulfonamides is 1. The van der Waals surface area contributed by atoms with Crippen LogP contribution in [0.1, 0.15) is 47.6 Å². The van der Waals surface area contributed by atoms with Gasteiger partial charge in [0.1, 0.15) is 5.82 Å². The molecule has 0 radical (unpaired) electrons. The molecular weight excluding hydrogens is 412 g/mol. The molecule has 1 aliphatic heterocycles. The normalized spacial score (nSPS) is 17.7. The minimum Gasteiger partial charge on any atom is -0.333 e. The Morgan fingerprint density at radius 3 is 2.61 bits per heavy atom. The zero-order valence-electron chi connectivity index (χ0n) is 17.9. The second kappa shape index (κ2) is 8.80. The Balaban J connectivity index is 1.68. The van der Waals surface area contributed by atoms with E-state index in [1.54, 1.807) is 4.90 Å². The van der Waals surface area contributed by atoms with E-state index in [-0.39, 0.29) is 11.8 Å². The van der Waals surface area contributed by atoms with E-state index in [0.717, 1.165) is 29.7 Å². The molecular formula is C23H28N4O3S. The van der Waals surface area contributed by atoms with Gasteiger partial charge in [0.05, 0.1) is 11.8 Å². The lowest BCUT2D eigenvalue weighted by molar-refractivity contribution is 0.0749. The fourth-order valence-corrected chi connectivity index (χ4v) is 5.15. The van der Waals surface area contributed by atoms with Crippen molar-refractivity contribution >= 4 is 21.4 Å². The Morgan fingerprint density at radius 1 is 1.16 bits per heavy atom. The highest BCUT2D eigenvalue weighted by atomic mass is 32.2. The number of amides is 1. The number of aromatic nitrogens is 2. The lowest BCUT2D eigenvalue weighted by Crippen LogP contribution is -2.38. The first-order valence-electron chi connectivity index (χ1n) is 10.6. The second-order valence-electron chi connectivity index (χ2n) is 8.04. The van der Waals surface area contributed by atoms with Crippen molar-refractivity contribution in [2.45, 2.75) is 32.2 Å². The number of carbonyl (C=O) groups is 1. The molecule has 0 N–H and O–H groups in total. The van der Waals surface area contributed by atoms with E-state index >= 15 is 0 Å². The summed E-state index contributed by atoms with van der Waals surface area (Å²) in [6, 6.07) is 15.6. The molecule has 1 saturated heterocycles. The van der Waals surface area contributed by atoms with Gasteiger partial charge in [-0.25, -0.2) is 17.7 Å². The SMILES string of the molecule is CCN(Cc1ccccc1)C(=O)c1nc([C@H]2CCCN(S(C)(=O)=O)C2)n2ccccc12. The average molecular weight is 441 g/mol. The van der Waals surface area contributed by atoms with Crippen molar-refractivity contribution in [3.63, 3.8) is 0 Å². The van der Waals surface area contributed by atoms with Crippen molar-refractivity contribution in [3.05, 3.63) is 71.8 Å². The largest absolute Gasteiger partial charge is 0.333 e. The standard InChI is InChI=1S/C23H28N4O3S/c1-3-25(16-18-10-5-4-6-11-18)23(28)21-20-13-7-8-15-27(20)22(24-21)19-12-9-14-26(17-19)31(2,29)30/h4-8,10-11,13,15,19H,3,9,12,14,16-17H2,1-2H3/t19-/m0/s1. The van der Waals surface area contributed by atoms with Crippen molar-refractivity contribution in [1.82, 2.24) is 18.6 Å². The summed E-state index contributed by atoms with van der Waals surface area (Å²) in [5.41, 5.74) is 2.24. The first-order valence-corrected chi connectivity index (χ1v) is 12.5. The van der Waals surface area contributed by atoms with E-state index < -0.39 is 10.0 Å². The van der Waals surface area contributed by atoms with Crippen molar-refractivity contribution in [2.75, 3.05) is 25.9 Å². The van der Waals surface area contributed by atoms with Crippen molar-refractivity contribution in [1.29, 1.82) is 0 Å². The predicted octanol–water partition coefficient (Wildman–Crippen LogP) is 3.14. The molecule has 164 valence electrons. The average Bonchev–Trinajstić information content (AvgIpc) is 3.17. The van der Waals surface area contributed by atoms with Crippen LogP contribution in [0, 0.1) is 0 Å². The van der Waals surface area contributed by atoms with Crippen LogP contribution in [0.3, 0.4) is 0 Å². The maximum Gasteiger partial charge on any atom is 0.275 e. The Morgan fingerprint density at radius 2 is 1.90 bits per heavy atom. The lowest BCUT2D eigenvalue weighted by Gasteiger charge is -2.30. The van der Waals surface area contributed by atoms with Gasteiger partial charge in [-0.1, -0.05) is 36.4 Å². The molecule has 3 heterocycles. The molecule has 0 saturated carbocycles. The van der Waals surface area contributed by atoms with Gasteiger partial charge in [0.2, 0.25) is 10.0 Å². The third-order valence-corrected chi connectivity index (χ3v) is 7.15. The van der Waals surface area contributed by atoms with Gasteiger partial charge in [-0.3, -0.25) is 4.79 Å². The summed E-state index contributed by atoms with van der Waals surface area (Å²) >= 11 is 0. The third kappa shape index (κ3) is 4.50. The zero-order chi connectivity index (χ0) is 22.0. The Bertz CT molecular complexity index is 1170. The first kappa shape index (κ1) is 21.5. The summed E-state index contributed by atoms with van der Waals surface area (Å²) in [6.45, 7) is 3.97. The number of pyridine rings is 1. The molecule has 8 heteroatoms. The summed E-state index contributed by atoms with van der Waals surface area (Å²) in [5.74, 6) is 0.587. The van der Waals surface area contributed by atoms with Gasteiger partial charge >= 0.3 is 0 Å². The van der Waals surface area contributed by atoms with Crippen molar-refractivity contribution < 1.29 is 13.2 Å². The first-order chi connectivity index (χ1) is 14.9. The summed E-state index contributed by atoms with van der Waals surface area (Å²) in [4.78, 5) is 20.0. The quantitative estimate of drug-likeness (QED) is 0.590. The van der Waals surface area contributed by atoms with Crippen molar-refractivity contribution in [3.8, 4) is 0 Å². The van der Waals surface area contributed by atoms with Gasteiger partial charge in [0.15, 0.2) is 5.69 Å². The molecule has 1 atom stereocenters. The monoisotopic (exact) mass is 440 g/mol. The highest BCUT2D eigenvalue weighted by Gasteiger charge is 2.31. The number of imidazole rings is 1. The highest BCUT2D eigenvalue weighted by Crippen LogP contribution is 2.29.